The van der Waals surface area contributed by atoms with E-state index in [4.69, 9.17) is 4.74 Å². The Labute approximate surface area is 119 Å². The van der Waals surface area contributed by atoms with E-state index in [0.29, 0.717) is 13.2 Å². The summed E-state index contributed by atoms with van der Waals surface area (Å²) in [5.41, 5.74) is 0.837. The molecule has 1 aromatic carbocycles. The van der Waals surface area contributed by atoms with Gasteiger partial charge >= 0.3 is 5.97 Å². The fourth-order valence-corrected chi connectivity index (χ4v) is 2.66. The Morgan fingerprint density at radius 1 is 1.55 bits per heavy atom. The van der Waals surface area contributed by atoms with Gasteiger partial charge in [0.15, 0.2) is 0 Å². The van der Waals surface area contributed by atoms with Crippen LogP contribution >= 0.6 is 0 Å². The molecular formula is C15H22N2O3. The van der Waals surface area contributed by atoms with E-state index in [-0.39, 0.29) is 23.8 Å². The fraction of sp³-hybridized carbons (Fsp3) is 0.533. The van der Waals surface area contributed by atoms with Crippen molar-refractivity contribution in [2.45, 2.75) is 25.9 Å². The number of esters is 1. The summed E-state index contributed by atoms with van der Waals surface area (Å²) < 4.78 is 5.14. The van der Waals surface area contributed by atoms with Gasteiger partial charge in [-0.05, 0) is 19.9 Å². The molecule has 1 aliphatic rings. The lowest BCUT2D eigenvalue weighted by Crippen LogP contribution is -2.55. The summed E-state index contributed by atoms with van der Waals surface area (Å²) in [7, 11) is 0. The number of para-hydroxylation sites is 1. The van der Waals surface area contributed by atoms with Gasteiger partial charge in [-0.15, -0.1) is 0 Å². The number of ether oxygens (including phenoxy) is 1. The van der Waals surface area contributed by atoms with Crippen LogP contribution in [0.3, 0.4) is 0 Å². The molecule has 0 bridgehead atoms. The molecule has 2 unspecified atom stereocenters. The first kappa shape index (κ1) is 14.8. The molecule has 0 aliphatic carbocycles. The number of piperazine rings is 1. The highest BCUT2D eigenvalue weighted by Crippen LogP contribution is 2.30. The zero-order valence-electron chi connectivity index (χ0n) is 12.0. The molecule has 0 saturated carbocycles. The van der Waals surface area contributed by atoms with Crippen molar-refractivity contribution in [1.29, 1.82) is 0 Å². The third-order valence-corrected chi connectivity index (χ3v) is 3.73. The van der Waals surface area contributed by atoms with Crippen molar-refractivity contribution in [3.8, 4) is 5.75 Å². The second-order valence-corrected chi connectivity index (χ2v) is 4.94. The summed E-state index contributed by atoms with van der Waals surface area (Å²) >= 11 is 0. The molecule has 1 fully saturated rings. The van der Waals surface area contributed by atoms with E-state index in [9.17, 15) is 9.90 Å². The van der Waals surface area contributed by atoms with Crippen LogP contribution in [0.25, 0.3) is 0 Å². The molecule has 0 spiro atoms. The number of benzene rings is 1. The standard InChI is InChI=1S/C15H22N2O3/c1-3-20-15(19)13-10-16-8-9-17(13)11(2)12-6-4-5-7-14(12)18/h4-7,11,13,16,18H,3,8-10H2,1-2H3. The molecule has 0 aromatic heterocycles. The minimum atomic E-state index is -0.307. The lowest BCUT2D eigenvalue weighted by Gasteiger charge is -2.38. The lowest BCUT2D eigenvalue weighted by atomic mass is 10.0. The molecule has 110 valence electrons. The van der Waals surface area contributed by atoms with Crippen LogP contribution in [0.15, 0.2) is 24.3 Å². The molecule has 2 atom stereocenters. The van der Waals surface area contributed by atoms with Crippen LogP contribution in [0.5, 0.6) is 5.75 Å². The normalized spacial score (nSPS) is 21.4. The average Bonchev–Trinajstić information content (AvgIpc) is 2.47. The van der Waals surface area contributed by atoms with Gasteiger partial charge in [-0.25, -0.2) is 0 Å². The number of phenols is 1. The number of hydrogen-bond donors (Lipinski definition) is 2. The van der Waals surface area contributed by atoms with Crippen molar-refractivity contribution in [2.75, 3.05) is 26.2 Å². The van der Waals surface area contributed by atoms with Crippen molar-refractivity contribution in [1.82, 2.24) is 10.2 Å². The van der Waals surface area contributed by atoms with Crippen LogP contribution in [0.2, 0.25) is 0 Å². The number of nitrogens with one attached hydrogen (secondary N) is 1. The Balaban J connectivity index is 2.19. The molecule has 20 heavy (non-hydrogen) atoms. The molecule has 5 heteroatoms. The number of phenolic OH excluding ortho intramolecular Hbond substituents is 1. The first-order valence-electron chi connectivity index (χ1n) is 7.06. The Hall–Kier alpha value is -1.59. The number of rotatable bonds is 4. The average molecular weight is 278 g/mol. The van der Waals surface area contributed by atoms with Crippen molar-refractivity contribution < 1.29 is 14.6 Å². The first-order valence-corrected chi connectivity index (χ1v) is 7.06. The highest BCUT2D eigenvalue weighted by molar-refractivity contribution is 5.76. The Kier molecular flexibility index (Phi) is 4.98. The number of carbonyl (C=O) groups excluding carboxylic acids is 1. The largest absolute Gasteiger partial charge is 0.508 e. The Bertz CT molecular complexity index is 464. The maximum atomic E-state index is 12.1. The maximum Gasteiger partial charge on any atom is 0.324 e. The minimum absolute atomic E-state index is 0.0345. The van der Waals surface area contributed by atoms with Crippen molar-refractivity contribution >= 4 is 5.97 Å². The van der Waals surface area contributed by atoms with E-state index in [1.165, 1.54) is 0 Å². The van der Waals surface area contributed by atoms with Gasteiger partial charge in [-0.2, -0.15) is 0 Å². The Morgan fingerprint density at radius 2 is 2.30 bits per heavy atom. The van der Waals surface area contributed by atoms with Gasteiger partial charge in [-0.3, -0.25) is 9.69 Å². The van der Waals surface area contributed by atoms with E-state index >= 15 is 0 Å². The molecule has 0 radical (unpaired) electrons. The van der Waals surface area contributed by atoms with Gasteiger partial charge in [0, 0.05) is 31.2 Å². The van der Waals surface area contributed by atoms with Crippen LogP contribution < -0.4 is 5.32 Å². The summed E-state index contributed by atoms with van der Waals surface area (Å²) in [5.74, 6) is 0.0584. The van der Waals surface area contributed by atoms with E-state index in [1.807, 2.05) is 26.0 Å². The van der Waals surface area contributed by atoms with Gasteiger partial charge in [0.2, 0.25) is 0 Å². The summed E-state index contributed by atoms with van der Waals surface area (Å²) in [4.78, 5) is 14.1. The smallest absolute Gasteiger partial charge is 0.324 e. The number of nitrogens with zero attached hydrogens (tertiary/aromatic N) is 1. The van der Waals surface area contributed by atoms with Gasteiger partial charge < -0.3 is 15.2 Å². The second-order valence-electron chi connectivity index (χ2n) is 4.94. The molecule has 2 rings (SSSR count). The molecule has 5 nitrogen and oxygen atoms in total. The SMILES string of the molecule is CCOC(=O)C1CNCCN1C(C)c1ccccc1O. The van der Waals surface area contributed by atoms with Crippen LogP contribution in [-0.2, 0) is 9.53 Å². The topological polar surface area (TPSA) is 61.8 Å². The third-order valence-electron chi connectivity index (χ3n) is 3.73. The van der Waals surface area contributed by atoms with E-state index in [2.05, 4.69) is 10.2 Å². The molecule has 1 heterocycles. The highest BCUT2D eigenvalue weighted by atomic mass is 16.5. The maximum absolute atomic E-state index is 12.1. The molecule has 0 amide bonds. The third kappa shape index (κ3) is 3.11. The quantitative estimate of drug-likeness (QED) is 0.813. The molecule has 1 aromatic rings. The summed E-state index contributed by atoms with van der Waals surface area (Å²) in [6.07, 6.45) is 0. The zero-order chi connectivity index (χ0) is 14.5. The fourth-order valence-electron chi connectivity index (χ4n) is 2.66. The van der Waals surface area contributed by atoms with E-state index in [0.717, 1.165) is 18.7 Å². The molecule has 1 saturated heterocycles. The van der Waals surface area contributed by atoms with E-state index in [1.54, 1.807) is 12.1 Å². The minimum Gasteiger partial charge on any atom is -0.508 e. The van der Waals surface area contributed by atoms with Crippen LogP contribution in [-0.4, -0.2) is 48.3 Å². The summed E-state index contributed by atoms with van der Waals surface area (Å²) in [5, 5.41) is 13.2. The molecule has 1 aliphatic heterocycles. The second kappa shape index (κ2) is 6.72. The zero-order valence-corrected chi connectivity index (χ0v) is 12.0. The van der Waals surface area contributed by atoms with Gasteiger partial charge in [0.1, 0.15) is 11.8 Å². The predicted molar refractivity (Wildman–Crippen MR) is 76.5 cm³/mol. The van der Waals surface area contributed by atoms with Crippen molar-refractivity contribution in [3.63, 3.8) is 0 Å². The van der Waals surface area contributed by atoms with Crippen molar-refractivity contribution in [3.05, 3.63) is 29.8 Å². The van der Waals surface area contributed by atoms with Gasteiger partial charge in [0.25, 0.3) is 0 Å². The summed E-state index contributed by atoms with van der Waals surface area (Å²) in [6.45, 7) is 6.36. The van der Waals surface area contributed by atoms with Crippen LogP contribution in [0, 0.1) is 0 Å². The lowest BCUT2D eigenvalue weighted by molar-refractivity contribution is -0.151. The predicted octanol–water partition coefficient (Wildman–Crippen LogP) is 1.29. The summed E-state index contributed by atoms with van der Waals surface area (Å²) in [6, 6.07) is 6.92. The highest BCUT2D eigenvalue weighted by Gasteiger charge is 2.33. The van der Waals surface area contributed by atoms with Crippen molar-refractivity contribution in [2.24, 2.45) is 0 Å². The van der Waals surface area contributed by atoms with Crippen LogP contribution in [0.1, 0.15) is 25.5 Å². The first-order chi connectivity index (χ1) is 9.65. The van der Waals surface area contributed by atoms with Gasteiger partial charge in [0.05, 0.1) is 6.61 Å². The van der Waals surface area contributed by atoms with Crippen LogP contribution in [0.4, 0.5) is 0 Å². The monoisotopic (exact) mass is 278 g/mol. The molecular weight excluding hydrogens is 256 g/mol. The Morgan fingerprint density at radius 3 is 3.00 bits per heavy atom. The van der Waals surface area contributed by atoms with E-state index < -0.39 is 0 Å². The number of aromatic hydroxyl groups is 1. The number of hydrogen-bond acceptors (Lipinski definition) is 5. The molecule has 2 N–H and O–H groups in total. The van der Waals surface area contributed by atoms with Gasteiger partial charge in [-0.1, -0.05) is 18.2 Å². The number of carbonyl (C=O) groups is 1.